The van der Waals surface area contributed by atoms with Crippen LogP contribution in [0.4, 0.5) is 0 Å². The summed E-state index contributed by atoms with van der Waals surface area (Å²) < 4.78 is 0. The van der Waals surface area contributed by atoms with Crippen LogP contribution in [0.1, 0.15) is 59.8 Å². The molecule has 0 bridgehead atoms. The van der Waals surface area contributed by atoms with Gasteiger partial charge in [0, 0.05) is 31.1 Å². The van der Waals surface area contributed by atoms with Gasteiger partial charge in [0.25, 0.3) is 0 Å². The van der Waals surface area contributed by atoms with Crippen molar-refractivity contribution >= 4 is 5.91 Å². The average molecular weight is 254 g/mol. The van der Waals surface area contributed by atoms with Gasteiger partial charge < -0.3 is 10.2 Å². The predicted octanol–water partition coefficient (Wildman–Crippen LogP) is 2.80. The summed E-state index contributed by atoms with van der Waals surface area (Å²) in [5.41, 5.74) is 0. The molecule has 0 aromatic heterocycles. The van der Waals surface area contributed by atoms with E-state index in [0.717, 1.165) is 25.9 Å². The summed E-state index contributed by atoms with van der Waals surface area (Å²) in [5, 5.41) is 3.76. The Hall–Kier alpha value is -0.570. The molecule has 0 aliphatic carbocycles. The van der Waals surface area contributed by atoms with Crippen LogP contribution < -0.4 is 5.32 Å². The van der Waals surface area contributed by atoms with E-state index in [9.17, 15) is 4.79 Å². The number of rotatable bonds is 6. The number of hydrogen-bond acceptors (Lipinski definition) is 2. The maximum atomic E-state index is 11.9. The fourth-order valence-corrected chi connectivity index (χ4v) is 2.72. The lowest BCUT2D eigenvalue weighted by atomic mass is 10.0. The van der Waals surface area contributed by atoms with Crippen LogP contribution in [0.3, 0.4) is 0 Å². The molecule has 1 amide bonds. The van der Waals surface area contributed by atoms with Crippen molar-refractivity contribution in [2.24, 2.45) is 5.92 Å². The molecule has 1 saturated heterocycles. The van der Waals surface area contributed by atoms with Gasteiger partial charge in [0.2, 0.25) is 5.91 Å². The summed E-state index contributed by atoms with van der Waals surface area (Å²) >= 11 is 0. The molecule has 1 rings (SSSR count). The molecule has 0 aromatic rings. The van der Waals surface area contributed by atoms with Crippen LogP contribution in [0.5, 0.6) is 0 Å². The average Bonchev–Trinajstić information content (AvgIpc) is 2.38. The SMILES string of the molecule is CCCC(CC)NC1CCN(C(=O)C(C)C)CC1. The van der Waals surface area contributed by atoms with Gasteiger partial charge in [-0.05, 0) is 25.7 Å². The van der Waals surface area contributed by atoms with Crippen LogP contribution >= 0.6 is 0 Å². The van der Waals surface area contributed by atoms with Crippen LogP contribution in [0.25, 0.3) is 0 Å². The Balaban J connectivity index is 2.32. The zero-order valence-corrected chi connectivity index (χ0v) is 12.5. The lowest BCUT2D eigenvalue weighted by molar-refractivity contribution is -0.135. The van der Waals surface area contributed by atoms with Gasteiger partial charge >= 0.3 is 0 Å². The van der Waals surface area contributed by atoms with E-state index in [1.165, 1.54) is 19.3 Å². The fourth-order valence-electron chi connectivity index (χ4n) is 2.72. The molecule has 3 heteroatoms. The molecule has 0 aromatic carbocycles. The second-order valence-electron chi connectivity index (χ2n) is 5.81. The second kappa shape index (κ2) is 7.78. The lowest BCUT2D eigenvalue weighted by Gasteiger charge is -2.35. The molecular weight excluding hydrogens is 224 g/mol. The minimum absolute atomic E-state index is 0.137. The molecular formula is C15H30N2O. The molecule has 106 valence electrons. The standard InChI is InChI=1S/C15H30N2O/c1-5-7-13(6-2)16-14-8-10-17(11-9-14)15(18)12(3)4/h12-14,16H,5-11H2,1-4H3. The van der Waals surface area contributed by atoms with Gasteiger partial charge in [-0.1, -0.05) is 34.1 Å². The summed E-state index contributed by atoms with van der Waals surface area (Å²) in [6, 6.07) is 1.27. The van der Waals surface area contributed by atoms with E-state index in [1.807, 2.05) is 18.7 Å². The number of nitrogens with zero attached hydrogens (tertiary/aromatic N) is 1. The fraction of sp³-hybridized carbons (Fsp3) is 0.933. The van der Waals surface area contributed by atoms with E-state index in [2.05, 4.69) is 19.2 Å². The van der Waals surface area contributed by atoms with Crippen molar-refractivity contribution in [3.05, 3.63) is 0 Å². The van der Waals surface area contributed by atoms with E-state index < -0.39 is 0 Å². The van der Waals surface area contributed by atoms with Crippen LogP contribution in [0.2, 0.25) is 0 Å². The third-order valence-electron chi connectivity index (χ3n) is 3.90. The summed E-state index contributed by atoms with van der Waals surface area (Å²) in [7, 11) is 0. The van der Waals surface area contributed by atoms with E-state index in [4.69, 9.17) is 0 Å². The highest BCUT2D eigenvalue weighted by Crippen LogP contribution is 2.15. The molecule has 0 radical (unpaired) electrons. The van der Waals surface area contributed by atoms with Gasteiger partial charge in [-0.25, -0.2) is 0 Å². The predicted molar refractivity (Wildman–Crippen MR) is 76.6 cm³/mol. The number of likely N-dealkylation sites (tertiary alicyclic amines) is 1. The van der Waals surface area contributed by atoms with Gasteiger partial charge in [0.1, 0.15) is 0 Å². The maximum absolute atomic E-state index is 11.9. The first-order chi connectivity index (χ1) is 8.58. The highest BCUT2D eigenvalue weighted by atomic mass is 16.2. The molecule has 1 fully saturated rings. The molecule has 1 aliphatic rings. The maximum Gasteiger partial charge on any atom is 0.225 e. The Labute approximate surface area is 112 Å². The minimum atomic E-state index is 0.137. The number of hydrogen-bond donors (Lipinski definition) is 1. The number of nitrogens with one attached hydrogen (secondary N) is 1. The van der Waals surface area contributed by atoms with E-state index >= 15 is 0 Å². The van der Waals surface area contributed by atoms with Gasteiger partial charge in [-0.3, -0.25) is 4.79 Å². The Morgan fingerprint density at radius 1 is 1.28 bits per heavy atom. The quantitative estimate of drug-likeness (QED) is 0.790. The number of piperidine rings is 1. The lowest BCUT2D eigenvalue weighted by Crippen LogP contribution is -2.48. The topological polar surface area (TPSA) is 32.3 Å². The molecule has 18 heavy (non-hydrogen) atoms. The van der Waals surface area contributed by atoms with Gasteiger partial charge in [-0.2, -0.15) is 0 Å². The molecule has 1 N–H and O–H groups in total. The zero-order valence-electron chi connectivity index (χ0n) is 12.5. The van der Waals surface area contributed by atoms with Gasteiger partial charge in [-0.15, -0.1) is 0 Å². The van der Waals surface area contributed by atoms with Crippen molar-refractivity contribution in [3.63, 3.8) is 0 Å². The Morgan fingerprint density at radius 3 is 2.33 bits per heavy atom. The summed E-state index contributed by atoms with van der Waals surface area (Å²) in [5.74, 6) is 0.451. The third kappa shape index (κ3) is 4.60. The molecule has 1 heterocycles. The van der Waals surface area contributed by atoms with E-state index in [-0.39, 0.29) is 5.92 Å². The van der Waals surface area contributed by atoms with E-state index in [1.54, 1.807) is 0 Å². The Morgan fingerprint density at radius 2 is 1.89 bits per heavy atom. The highest BCUT2D eigenvalue weighted by Gasteiger charge is 2.24. The smallest absolute Gasteiger partial charge is 0.225 e. The van der Waals surface area contributed by atoms with Crippen LogP contribution in [0, 0.1) is 5.92 Å². The molecule has 1 unspecified atom stereocenters. The summed E-state index contributed by atoms with van der Waals surface area (Å²) in [4.78, 5) is 13.9. The van der Waals surface area contributed by atoms with E-state index in [0.29, 0.717) is 18.0 Å². The number of carbonyl (C=O) groups is 1. The molecule has 1 atom stereocenters. The third-order valence-corrected chi connectivity index (χ3v) is 3.90. The molecule has 3 nitrogen and oxygen atoms in total. The van der Waals surface area contributed by atoms with Crippen LogP contribution in [-0.4, -0.2) is 36.0 Å². The zero-order chi connectivity index (χ0) is 13.5. The van der Waals surface area contributed by atoms with Crippen molar-refractivity contribution in [2.45, 2.75) is 71.9 Å². The van der Waals surface area contributed by atoms with Crippen molar-refractivity contribution in [1.82, 2.24) is 10.2 Å². The second-order valence-corrected chi connectivity index (χ2v) is 5.81. The van der Waals surface area contributed by atoms with Crippen molar-refractivity contribution in [2.75, 3.05) is 13.1 Å². The van der Waals surface area contributed by atoms with Gasteiger partial charge in [0.15, 0.2) is 0 Å². The first kappa shape index (κ1) is 15.5. The van der Waals surface area contributed by atoms with Crippen LogP contribution in [-0.2, 0) is 4.79 Å². The van der Waals surface area contributed by atoms with Crippen LogP contribution in [0.15, 0.2) is 0 Å². The van der Waals surface area contributed by atoms with Crippen molar-refractivity contribution < 1.29 is 4.79 Å². The van der Waals surface area contributed by atoms with Gasteiger partial charge in [0.05, 0.1) is 0 Å². The number of carbonyl (C=O) groups excluding carboxylic acids is 1. The minimum Gasteiger partial charge on any atom is -0.342 e. The Kier molecular flexibility index (Phi) is 6.69. The molecule has 1 aliphatic heterocycles. The highest BCUT2D eigenvalue weighted by molar-refractivity contribution is 5.78. The summed E-state index contributed by atoms with van der Waals surface area (Å²) in [6.07, 6.45) is 5.94. The first-order valence-electron chi connectivity index (χ1n) is 7.63. The van der Waals surface area contributed by atoms with Crippen molar-refractivity contribution in [3.8, 4) is 0 Å². The first-order valence-corrected chi connectivity index (χ1v) is 7.63. The normalized spacial score (nSPS) is 19.3. The Bertz CT molecular complexity index is 245. The monoisotopic (exact) mass is 254 g/mol. The molecule has 0 spiro atoms. The number of amides is 1. The summed E-state index contributed by atoms with van der Waals surface area (Å²) in [6.45, 7) is 10.3. The largest absolute Gasteiger partial charge is 0.342 e. The van der Waals surface area contributed by atoms with Crippen molar-refractivity contribution in [1.29, 1.82) is 0 Å². The molecule has 0 saturated carbocycles.